The van der Waals surface area contributed by atoms with E-state index in [1.165, 1.54) is 27.7 Å². The number of aromatic nitrogens is 1. The van der Waals surface area contributed by atoms with Crippen molar-refractivity contribution < 1.29 is 0 Å². The fourth-order valence-corrected chi connectivity index (χ4v) is 2.31. The monoisotopic (exact) mass is 220 g/mol. The first kappa shape index (κ1) is 10.2. The molecule has 0 amide bonds. The molecule has 0 bridgehead atoms. The predicted molar refractivity (Wildman–Crippen MR) is 72.8 cm³/mol. The Labute approximate surface area is 101 Å². The van der Waals surface area contributed by atoms with Crippen molar-refractivity contribution in [3.8, 4) is 11.3 Å². The Morgan fingerprint density at radius 3 is 2.35 bits per heavy atom. The molecule has 0 aliphatic heterocycles. The molecule has 0 saturated carbocycles. The second-order valence-corrected chi connectivity index (χ2v) is 4.14. The summed E-state index contributed by atoms with van der Waals surface area (Å²) in [6.45, 7) is 4.04. The van der Waals surface area contributed by atoms with E-state index in [1.807, 2.05) is 6.07 Å². The lowest BCUT2D eigenvalue weighted by atomic mass is 10.0. The van der Waals surface area contributed by atoms with Crippen molar-refractivity contribution in [2.75, 3.05) is 0 Å². The molecule has 0 unspecified atom stereocenters. The number of H-pyrrole nitrogens is 1. The van der Waals surface area contributed by atoms with E-state index in [9.17, 15) is 0 Å². The molecular formula is C16H14N. The number of benzene rings is 2. The van der Waals surface area contributed by atoms with Crippen LogP contribution in [0.2, 0.25) is 0 Å². The Kier molecular flexibility index (Phi) is 2.45. The minimum atomic E-state index is 0.800. The van der Waals surface area contributed by atoms with Gasteiger partial charge in [0.2, 0.25) is 0 Å². The molecule has 1 N–H and O–H groups in total. The molecule has 0 fully saturated rings. The van der Waals surface area contributed by atoms with Gasteiger partial charge in [0.05, 0.1) is 0 Å². The molecule has 1 radical (unpaired) electrons. The fourth-order valence-electron chi connectivity index (χ4n) is 2.31. The maximum Gasteiger partial charge on any atom is 0.0497 e. The molecule has 3 aromatic rings. The van der Waals surface area contributed by atoms with Crippen LogP contribution in [-0.2, 0) is 6.42 Å². The Morgan fingerprint density at radius 1 is 0.882 bits per heavy atom. The molecule has 83 valence electrons. The first-order chi connectivity index (χ1) is 8.40. The van der Waals surface area contributed by atoms with Crippen molar-refractivity contribution in [2.45, 2.75) is 6.42 Å². The van der Waals surface area contributed by atoms with Crippen LogP contribution in [0.3, 0.4) is 0 Å². The highest BCUT2D eigenvalue weighted by molar-refractivity contribution is 5.90. The first-order valence-corrected chi connectivity index (χ1v) is 5.84. The van der Waals surface area contributed by atoms with Crippen LogP contribution in [0.25, 0.3) is 22.2 Å². The minimum absolute atomic E-state index is 0.800. The van der Waals surface area contributed by atoms with Gasteiger partial charge in [-0.15, -0.1) is 0 Å². The molecule has 0 aliphatic carbocycles. The molecule has 2 aromatic carbocycles. The van der Waals surface area contributed by atoms with Gasteiger partial charge in [-0.2, -0.15) is 0 Å². The summed E-state index contributed by atoms with van der Waals surface area (Å²) in [6.07, 6.45) is 0.800. The third kappa shape index (κ3) is 1.64. The van der Waals surface area contributed by atoms with E-state index in [-0.39, 0.29) is 0 Å². The molecule has 0 saturated heterocycles. The number of hydrogen-bond donors (Lipinski definition) is 1. The molecule has 17 heavy (non-hydrogen) atoms. The van der Waals surface area contributed by atoms with E-state index in [0.717, 1.165) is 6.42 Å². The van der Waals surface area contributed by atoms with E-state index in [2.05, 4.69) is 60.4 Å². The topological polar surface area (TPSA) is 15.8 Å². The van der Waals surface area contributed by atoms with Crippen molar-refractivity contribution in [1.29, 1.82) is 0 Å². The zero-order valence-electron chi connectivity index (χ0n) is 9.61. The number of fused-ring (bicyclic) bond motifs is 1. The summed E-state index contributed by atoms with van der Waals surface area (Å²) in [4.78, 5) is 3.49. The van der Waals surface area contributed by atoms with Gasteiger partial charge in [0.25, 0.3) is 0 Å². The van der Waals surface area contributed by atoms with E-state index >= 15 is 0 Å². The van der Waals surface area contributed by atoms with Crippen molar-refractivity contribution in [3.63, 3.8) is 0 Å². The second-order valence-electron chi connectivity index (χ2n) is 4.14. The lowest BCUT2D eigenvalue weighted by Crippen LogP contribution is -1.84. The average molecular weight is 220 g/mol. The van der Waals surface area contributed by atoms with Crippen molar-refractivity contribution >= 4 is 10.9 Å². The van der Waals surface area contributed by atoms with Gasteiger partial charge >= 0.3 is 0 Å². The van der Waals surface area contributed by atoms with Gasteiger partial charge in [0.15, 0.2) is 0 Å². The molecule has 1 aromatic heterocycles. The van der Waals surface area contributed by atoms with Crippen LogP contribution in [0.5, 0.6) is 0 Å². The second kappa shape index (κ2) is 4.10. The van der Waals surface area contributed by atoms with Gasteiger partial charge < -0.3 is 4.98 Å². The molecule has 3 rings (SSSR count). The Bertz CT molecular complexity index is 635. The van der Waals surface area contributed by atoms with Gasteiger partial charge in [0, 0.05) is 16.6 Å². The summed E-state index contributed by atoms with van der Waals surface area (Å²) in [6, 6.07) is 18.8. The molecular weight excluding hydrogens is 206 g/mol. The highest BCUT2D eigenvalue weighted by Crippen LogP contribution is 2.30. The molecule has 1 heteroatoms. The van der Waals surface area contributed by atoms with Gasteiger partial charge in [-0.3, -0.25) is 0 Å². The van der Waals surface area contributed by atoms with Crippen molar-refractivity contribution in [1.82, 2.24) is 4.98 Å². The van der Waals surface area contributed by atoms with E-state index < -0.39 is 0 Å². The van der Waals surface area contributed by atoms with Gasteiger partial charge in [-0.25, -0.2) is 0 Å². The standard InChI is InChI=1S/C16H14N/c1-2-13-14-10-6-7-11-15(14)17-16(13)12-8-4-3-5-9-12/h3-11,17H,1-2H2. The molecule has 0 aliphatic rings. The van der Waals surface area contributed by atoms with Crippen LogP contribution in [0.15, 0.2) is 54.6 Å². The zero-order valence-corrected chi connectivity index (χ0v) is 9.61. The minimum Gasteiger partial charge on any atom is -0.354 e. The maximum absolute atomic E-state index is 4.04. The predicted octanol–water partition coefficient (Wildman–Crippen LogP) is 4.21. The van der Waals surface area contributed by atoms with Crippen LogP contribution < -0.4 is 0 Å². The van der Waals surface area contributed by atoms with Crippen LogP contribution in [-0.4, -0.2) is 4.98 Å². The summed E-state index contributed by atoms with van der Waals surface area (Å²) in [5.41, 5.74) is 4.90. The highest BCUT2D eigenvalue weighted by atomic mass is 14.7. The Balaban J connectivity index is 2.30. The van der Waals surface area contributed by atoms with E-state index in [1.54, 1.807) is 0 Å². The smallest absolute Gasteiger partial charge is 0.0497 e. The summed E-state index contributed by atoms with van der Waals surface area (Å²) in [5.74, 6) is 0. The molecule has 0 spiro atoms. The number of nitrogens with one attached hydrogen (secondary N) is 1. The number of aromatic amines is 1. The molecule has 1 heterocycles. The molecule has 1 nitrogen and oxygen atoms in total. The largest absolute Gasteiger partial charge is 0.354 e. The van der Waals surface area contributed by atoms with E-state index in [0.29, 0.717) is 0 Å². The molecule has 0 atom stereocenters. The van der Waals surface area contributed by atoms with Crippen LogP contribution in [0.1, 0.15) is 5.56 Å². The summed E-state index contributed by atoms with van der Waals surface area (Å²) < 4.78 is 0. The van der Waals surface area contributed by atoms with E-state index in [4.69, 9.17) is 0 Å². The van der Waals surface area contributed by atoms with Crippen LogP contribution in [0, 0.1) is 6.92 Å². The van der Waals surface area contributed by atoms with Crippen LogP contribution in [0.4, 0.5) is 0 Å². The maximum atomic E-state index is 4.04. The summed E-state index contributed by atoms with van der Waals surface area (Å²) in [5, 5.41) is 1.28. The number of para-hydroxylation sites is 1. The Hall–Kier alpha value is -2.02. The average Bonchev–Trinajstić information content (AvgIpc) is 2.78. The summed E-state index contributed by atoms with van der Waals surface area (Å²) >= 11 is 0. The highest BCUT2D eigenvalue weighted by Gasteiger charge is 2.10. The first-order valence-electron chi connectivity index (χ1n) is 5.84. The van der Waals surface area contributed by atoms with Crippen LogP contribution >= 0.6 is 0 Å². The zero-order chi connectivity index (χ0) is 11.7. The van der Waals surface area contributed by atoms with Crippen molar-refractivity contribution in [2.24, 2.45) is 0 Å². The van der Waals surface area contributed by atoms with Gasteiger partial charge in [-0.1, -0.05) is 48.5 Å². The fraction of sp³-hybridized carbons (Fsp3) is 0.0625. The van der Waals surface area contributed by atoms with Gasteiger partial charge in [0.1, 0.15) is 0 Å². The third-order valence-corrected chi connectivity index (χ3v) is 3.13. The third-order valence-electron chi connectivity index (χ3n) is 3.13. The number of hydrogen-bond acceptors (Lipinski definition) is 0. The quantitative estimate of drug-likeness (QED) is 0.665. The lowest BCUT2D eigenvalue weighted by molar-refractivity contribution is 1.29. The summed E-state index contributed by atoms with van der Waals surface area (Å²) in [7, 11) is 0. The van der Waals surface area contributed by atoms with Crippen molar-refractivity contribution in [3.05, 3.63) is 67.1 Å². The Morgan fingerprint density at radius 2 is 1.59 bits per heavy atom. The SMILES string of the molecule is [CH2]Cc1c(-c2ccccc2)[nH]c2ccccc12. The number of rotatable bonds is 2. The normalized spacial score (nSPS) is 10.9. The van der Waals surface area contributed by atoms with Gasteiger partial charge in [-0.05, 0) is 30.5 Å². The lowest BCUT2D eigenvalue weighted by Gasteiger charge is -2.01.